The van der Waals surface area contributed by atoms with Crippen molar-refractivity contribution in [1.82, 2.24) is 0 Å². The van der Waals surface area contributed by atoms with E-state index in [4.69, 9.17) is 4.74 Å². The van der Waals surface area contributed by atoms with Crippen LogP contribution in [0, 0.1) is 0 Å². The van der Waals surface area contributed by atoms with E-state index >= 15 is 0 Å². The zero-order chi connectivity index (χ0) is 18.8. The summed E-state index contributed by atoms with van der Waals surface area (Å²) in [6, 6.07) is 0. The lowest BCUT2D eigenvalue weighted by molar-refractivity contribution is -0.888. The molecule has 0 saturated carbocycles. The van der Waals surface area contributed by atoms with Gasteiger partial charge in [-0.1, -0.05) is 84.0 Å². The van der Waals surface area contributed by atoms with Gasteiger partial charge < -0.3 is 9.22 Å². The molecule has 0 radical (unpaired) electrons. The molecule has 0 aliphatic heterocycles. The highest BCUT2D eigenvalue weighted by Gasteiger charge is 2.12. The predicted molar refractivity (Wildman–Crippen MR) is 109 cm³/mol. The van der Waals surface area contributed by atoms with E-state index in [1.165, 1.54) is 77.0 Å². The first-order chi connectivity index (χ1) is 12.0. The fourth-order valence-corrected chi connectivity index (χ4v) is 2.92. The average molecular weight is 357 g/mol. The third kappa shape index (κ3) is 18.0. The summed E-state index contributed by atoms with van der Waals surface area (Å²) < 4.78 is 6.24. The Morgan fingerprint density at radius 3 is 1.60 bits per heavy atom. The van der Waals surface area contributed by atoms with Crippen molar-refractivity contribution in [2.24, 2.45) is 0 Å². The number of ether oxygens (including phenoxy) is 1. The lowest BCUT2D eigenvalue weighted by Crippen LogP contribution is -2.42. The van der Waals surface area contributed by atoms with E-state index in [2.05, 4.69) is 27.9 Å². The lowest BCUT2D eigenvalue weighted by atomic mass is 10.0. The van der Waals surface area contributed by atoms with Gasteiger partial charge >= 0.3 is 5.97 Å². The van der Waals surface area contributed by atoms with E-state index in [0.29, 0.717) is 13.0 Å². The molecule has 0 saturated heterocycles. The Balaban J connectivity index is 3.23. The zero-order valence-electron chi connectivity index (χ0n) is 17.8. The Bertz CT molecular complexity index is 302. The number of nitrogens with zero attached hydrogens (tertiary/aromatic N) is 1. The van der Waals surface area contributed by atoms with Crippen LogP contribution in [-0.2, 0) is 9.53 Å². The third-order valence-electron chi connectivity index (χ3n) is 5.30. The highest BCUT2D eigenvalue weighted by Crippen LogP contribution is 2.13. The SMILES string of the molecule is CCCCCCCCCCCCCCCC(=O)OCC[N+](C)(C)CC. The summed E-state index contributed by atoms with van der Waals surface area (Å²) >= 11 is 0. The molecule has 25 heavy (non-hydrogen) atoms. The van der Waals surface area contributed by atoms with Crippen LogP contribution in [0.3, 0.4) is 0 Å². The summed E-state index contributed by atoms with van der Waals surface area (Å²) in [7, 11) is 4.33. The minimum absolute atomic E-state index is 0.0147. The van der Waals surface area contributed by atoms with Gasteiger partial charge in [0.1, 0.15) is 13.2 Å². The molecule has 0 aliphatic carbocycles. The van der Waals surface area contributed by atoms with Crippen molar-refractivity contribution >= 4 is 5.97 Å². The van der Waals surface area contributed by atoms with E-state index in [0.717, 1.165) is 24.0 Å². The van der Waals surface area contributed by atoms with Crippen LogP contribution in [0.15, 0.2) is 0 Å². The average Bonchev–Trinajstić information content (AvgIpc) is 2.59. The van der Waals surface area contributed by atoms with Crippen LogP contribution in [0.5, 0.6) is 0 Å². The molecule has 0 aromatic heterocycles. The van der Waals surface area contributed by atoms with Crippen LogP contribution in [-0.4, -0.2) is 44.2 Å². The third-order valence-corrected chi connectivity index (χ3v) is 5.30. The molecule has 0 unspecified atom stereocenters. The molecule has 0 rings (SSSR count). The second kappa shape index (κ2) is 16.9. The van der Waals surface area contributed by atoms with Gasteiger partial charge in [-0.25, -0.2) is 0 Å². The molecule has 0 amide bonds. The van der Waals surface area contributed by atoms with Gasteiger partial charge in [0.05, 0.1) is 20.6 Å². The van der Waals surface area contributed by atoms with Crippen LogP contribution in [0.25, 0.3) is 0 Å². The van der Waals surface area contributed by atoms with Gasteiger partial charge in [0.15, 0.2) is 0 Å². The normalized spacial score (nSPS) is 11.7. The van der Waals surface area contributed by atoms with E-state index in [1.54, 1.807) is 0 Å². The number of unbranched alkanes of at least 4 members (excludes halogenated alkanes) is 12. The number of rotatable bonds is 18. The van der Waals surface area contributed by atoms with Gasteiger partial charge in [-0.15, -0.1) is 0 Å². The molecule has 150 valence electrons. The van der Waals surface area contributed by atoms with Crippen LogP contribution in [0.2, 0.25) is 0 Å². The second-order valence-electron chi connectivity index (χ2n) is 8.19. The first-order valence-corrected chi connectivity index (χ1v) is 11.0. The van der Waals surface area contributed by atoms with Crippen LogP contribution in [0.4, 0.5) is 0 Å². The monoisotopic (exact) mass is 356 g/mol. The molecule has 3 nitrogen and oxygen atoms in total. The van der Waals surface area contributed by atoms with Gasteiger partial charge in [0.2, 0.25) is 0 Å². The van der Waals surface area contributed by atoms with Crippen molar-refractivity contribution in [3.05, 3.63) is 0 Å². The molecule has 0 N–H and O–H groups in total. The van der Waals surface area contributed by atoms with Crippen molar-refractivity contribution in [1.29, 1.82) is 0 Å². The van der Waals surface area contributed by atoms with Gasteiger partial charge in [-0.05, 0) is 13.3 Å². The Morgan fingerprint density at radius 1 is 0.720 bits per heavy atom. The molecule has 0 bridgehead atoms. The number of hydrogen-bond donors (Lipinski definition) is 0. The van der Waals surface area contributed by atoms with Crippen molar-refractivity contribution < 1.29 is 14.0 Å². The Hall–Kier alpha value is -0.570. The highest BCUT2D eigenvalue weighted by atomic mass is 16.5. The molecule has 0 aromatic rings. The second-order valence-corrected chi connectivity index (χ2v) is 8.19. The van der Waals surface area contributed by atoms with E-state index in [1.807, 2.05) is 0 Å². The number of carbonyl (C=O) groups is 1. The Morgan fingerprint density at radius 2 is 1.16 bits per heavy atom. The largest absolute Gasteiger partial charge is 0.460 e. The molecular weight excluding hydrogens is 310 g/mol. The Labute approximate surface area is 158 Å². The van der Waals surface area contributed by atoms with Crippen molar-refractivity contribution in [3.63, 3.8) is 0 Å². The highest BCUT2D eigenvalue weighted by molar-refractivity contribution is 5.69. The maximum absolute atomic E-state index is 11.7. The topological polar surface area (TPSA) is 26.3 Å². The maximum Gasteiger partial charge on any atom is 0.305 e. The van der Waals surface area contributed by atoms with Crippen molar-refractivity contribution in [3.8, 4) is 0 Å². The molecule has 0 fully saturated rings. The smallest absolute Gasteiger partial charge is 0.305 e. The molecular formula is C22H46NO2+. The van der Waals surface area contributed by atoms with Crippen LogP contribution < -0.4 is 0 Å². The molecule has 0 spiro atoms. The molecule has 0 aromatic carbocycles. The number of quaternary nitrogens is 1. The first kappa shape index (κ1) is 24.4. The summed E-state index contributed by atoms with van der Waals surface area (Å²) in [6.07, 6.45) is 18.0. The van der Waals surface area contributed by atoms with Crippen molar-refractivity contribution in [2.75, 3.05) is 33.8 Å². The molecule has 0 aliphatic rings. The molecule has 3 heteroatoms. The summed E-state index contributed by atoms with van der Waals surface area (Å²) in [5, 5.41) is 0. The maximum atomic E-state index is 11.7. The van der Waals surface area contributed by atoms with E-state index in [-0.39, 0.29) is 5.97 Å². The Kier molecular flexibility index (Phi) is 16.5. The minimum Gasteiger partial charge on any atom is -0.460 e. The lowest BCUT2D eigenvalue weighted by Gasteiger charge is -2.27. The fraction of sp³-hybridized carbons (Fsp3) is 0.955. The molecule has 0 atom stereocenters. The summed E-state index contributed by atoms with van der Waals surface area (Å²) in [4.78, 5) is 11.7. The summed E-state index contributed by atoms with van der Waals surface area (Å²) in [6.45, 7) is 6.96. The van der Waals surface area contributed by atoms with E-state index in [9.17, 15) is 4.79 Å². The number of hydrogen-bond acceptors (Lipinski definition) is 2. The minimum atomic E-state index is -0.0147. The van der Waals surface area contributed by atoms with Crippen LogP contribution in [0.1, 0.15) is 104 Å². The van der Waals surface area contributed by atoms with Gasteiger partial charge in [0, 0.05) is 6.42 Å². The van der Waals surface area contributed by atoms with Gasteiger partial charge in [-0.2, -0.15) is 0 Å². The van der Waals surface area contributed by atoms with Gasteiger partial charge in [-0.3, -0.25) is 4.79 Å². The quantitative estimate of drug-likeness (QED) is 0.168. The van der Waals surface area contributed by atoms with Crippen LogP contribution >= 0.6 is 0 Å². The standard InChI is InChI=1S/C22H46NO2/c1-5-7-8-9-10-11-12-13-14-15-16-17-18-19-22(24)25-21-20-23(3,4)6-2/h5-21H2,1-4H3/q+1. The first-order valence-electron chi connectivity index (χ1n) is 11.0. The number of carbonyl (C=O) groups excluding carboxylic acids is 1. The van der Waals surface area contributed by atoms with Gasteiger partial charge in [0.25, 0.3) is 0 Å². The zero-order valence-corrected chi connectivity index (χ0v) is 17.8. The summed E-state index contributed by atoms with van der Waals surface area (Å²) in [5.41, 5.74) is 0. The van der Waals surface area contributed by atoms with Crippen molar-refractivity contribution in [2.45, 2.75) is 104 Å². The van der Waals surface area contributed by atoms with E-state index < -0.39 is 0 Å². The fourth-order valence-electron chi connectivity index (χ4n) is 2.92. The molecule has 0 heterocycles. The number of likely N-dealkylation sites (N-methyl/N-ethyl adjacent to an activating group) is 1. The predicted octanol–water partition coefficient (Wildman–Crippen LogP) is 6.11. The summed E-state index contributed by atoms with van der Waals surface area (Å²) in [5.74, 6) is -0.0147. The number of esters is 1.